The van der Waals surface area contributed by atoms with Gasteiger partial charge in [-0.15, -0.1) is 0 Å². The molecule has 0 aliphatic rings. The number of hydrogen-bond donors (Lipinski definition) is 1. The fourth-order valence-electron chi connectivity index (χ4n) is 1.35. The van der Waals surface area contributed by atoms with Crippen molar-refractivity contribution in [2.45, 2.75) is 6.92 Å². The minimum atomic E-state index is -0.0116. The predicted octanol–water partition coefficient (Wildman–Crippen LogP) is 1.52. The molecule has 2 aromatic rings. The predicted molar refractivity (Wildman–Crippen MR) is 54.2 cm³/mol. The number of aliphatic hydroxyl groups excluding tert-OH is 1. The van der Waals surface area contributed by atoms with Gasteiger partial charge < -0.3 is 14.4 Å². The number of anilines is 1. The van der Waals surface area contributed by atoms with Crippen molar-refractivity contribution in [2.75, 3.05) is 18.7 Å². The van der Waals surface area contributed by atoms with Gasteiger partial charge in [0.2, 0.25) is 0 Å². The van der Waals surface area contributed by atoms with Gasteiger partial charge in [-0.25, -0.2) is 4.98 Å². The maximum Gasteiger partial charge on any atom is 0.192 e. The topological polar surface area (TPSA) is 49.5 Å². The van der Waals surface area contributed by atoms with Crippen molar-refractivity contribution in [3.63, 3.8) is 0 Å². The summed E-state index contributed by atoms with van der Waals surface area (Å²) in [5, 5.41) is 8.95. The van der Waals surface area contributed by atoms with Crippen LogP contribution in [0.2, 0.25) is 0 Å². The van der Waals surface area contributed by atoms with Crippen molar-refractivity contribution in [3.8, 4) is 0 Å². The van der Waals surface area contributed by atoms with Crippen molar-refractivity contribution >= 4 is 16.8 Å². The number of aryl methyl sites for hydroxylation is 1. The summed E-state index contributed by atoms with van der Waals surface area (Å²) in [6.07, 6.45) is 0. The summed E-state index contributed by atoms with van der Waals surface area (Å²) in [5.74, 6) is 0.656. The van der Waals surface area contributed by atoms with Gasteiger partial charge >= 0.3 is 0 Å². The van der Waals surface area contributed by atoms with E-state index in [1.807, 2.05) is 32.2 Å². The molecule has 0 saturated carbocycles. The van der Waals surface area contributed by atoms with Crippen molar-refractivity contribution in [1.82, 2.24) is 4.98 Å². The van der Waals surface area contributed by atoms with Crippen LogP contribution in [0.5, 0.6) is 0 Å². The van der Waals surface area contributed by atoms with E-state index >= 15 is 0 Å². The Morgan fingerprint density at radius 2 is 2.29 bits per heavy atom. The molecular formula is C10H12N2O2. The van der Waals surface area contributed by atoms with E-state index in [9.17, 15) is 0 Å². The van der Waals surface area contributed by atoms with E-state index in [1.54, 1.807) is 4.90 Å². The molecule has 0 unspecified atom stereocenters. The SMILES string of the molecule is Cc1nc2cc(N(C)CO)ccc2o1. The van der Waals surface area contributed by atoms with Crippen LogP contribution in [0.25, 0.3) is 11.1 Å². The summed E-state index contributed by atoms with van der Waals surface area (Å²) >= 11 is 0. The summed E-state index contributed by atoms with van der Waals surface area (Å²) in [4.78, 5) is 5.94. The largest absolute Gasteiger partial charge is 0.441 e. The molecule has 0 bridgehead atoms. The number of rotatable bonds is 2. The minimum Gasteiger partial charge on any atom is -0.441 e. The molecule has 0 amide bonds. The lowest BCUT2D eigenvalue weighted by Gasteiger charge is -2.14. The smallest absolute Gasteiger partial charge is 0.192 e. The Hall–Kier alpha value is -1.55. The Kier molecular flexibility index (Phi) is 2.13. The summed E-state index contributed by atoms with van der Waals surface area (Å²) in [6.45, 7) is 1.80. The minimum absolute atomic E-state index is 0.0116. The molecule has 0 saturated heterocycles. The number of oxazole rings is 1. The number of nitrogens with zero attached hydrogens (tertiary/aromatic N) is 2. The Bertz CT molecular complexity index is 450. The van der Waals surface area contributed by atoms with Gasteiger partial charge in [0.15, 0.2) is 11.5 Å². The van der Waals surface area contributed by atoms with E-state index in [4.69, 9.17) is 9.52 Å². The number of benzene rings is 1. The molecule has 0 aliphatic carbocycles. The lowest BCUT2D eigenvalue weighted by Crippen LogP contribution is -2.17. The first-order chi connectivity index (χ1) is 6.70. The van der Waals surface area contributed by atoms with Crippen LogP contribution in [0.1, 0.15) is 5.89 Å². The molecular weight excluding hydrogens is 180 g/mol. The van der Waals surface area contributed by atoms with Gasteiger partial charge in [0.05, 0.1) is 0 Å². The molecule has 0 radical (unpaired) electrons. The standard InChI is InChI=1S/C10H12N2O2/c1-7-11-9-5-8(12(2)6-13)3-4-10(9)14-7/h3-5,13H,6H2,1-2H3. The van der Waals surface area contributed by atoms with Gasteiger partial charge in [-0.3, -0.25) is 0 Å². The molecule has 0 spiro atoms. The van der Waals surface area contributed by atoms with Crippen molar-refractivity contribution < 1.29 is 9.52 Å². The highest BCUT2D eigenvalue weighted by Crippen LogP contribution is 2.21. The monoisotopic (exact) mass is 192 g/mol. The van der Waals surface area contributed by atoms with Gasteiger partial charge in [-0.2, -0.15) is 0 Å². The zero-order chi connectivity index (χ0) is 10.1. The molecule has 0 atom stereocenters. The molecule has 4 nitrogen and oxygen atoms in total. The molecule has 74 valence electrons. The first-order valence-corrected chi connectivity index (χ1v) is 4.40. The molecule has 1 heterocycles. The lowest BCUT2D eigenvalue weighted by molar-refractivity contribution is 0.298. The Labute approximate surface area is 81.8 Å². The highest BCUT2D eigenvalue weighted by atomic mass is 16.3. The zero-order valence-electron chi connectivity index (χ0n) is 8.19. The van der Waals surface area contributed by atoms with Crippen LogP contribution in [0.4, 0.5) is 5.69 Å². The fourth-order valence-corrected chi connectivity index (χ4v) is 1.35. The third-order valence-corrected chi connectivity index (χ3v) is 2.13. The van der Waals surface area contributed by atoms with Crippen molar-refractivity contribution in [3.05, 3.63) is 24.1 Å². The van der Waals surface area contributed by atoms with E-state index < -0.39 is 0 Å². The maximum atomic E-state index is 8.95. The number of aliphatic hydroxyl groups is 1. The molecule has 0 fully saturated rings. The average molecular weight is 192 g/mol. The summed E-state index contributed by atoms with van der Waals surface area (Å²) in [6, 6.07) is 5.64. The molecule has 2 rings (SSSR count). The van der Waals surface area contributed by atoms with Gasteiger partial charge in [0.1, 0.15) is 12.2 Å². The van der Waals surface area contributed by atoms with Crippen LogP contribution in [0.15, 0.2) is 22.6 Å². The molecule has 1 aromatic carbocycles. The third kappa shape index (κ3) is 1.44. The Morgan fingerprint density at radius 3 is 3.00 bits per heavy atom. The Morgan fingerprint density at radius 1 is 1.50 bits per heavy atom. The van der Waals surface area contributed by atoms with Gasteiger partial charge in [0.25, 0.3) is 0 Å². The van der Waals surface area contributed by atoms with E-state index in [-0.39, 0.29) is 6.73 Å². The first-order valence-electron chi connectivity index (χ1n) is 4.40. The van der Waals surface area contributed by atoms with Crippen molar-refractivity contribution in [2.24, 2.45) is 0 Å². The lowest BCUT2D eigenvalue weighted by atomic mass is 10.3. The number of aromatic nitrogens is 1. The third-order valence-electron chi connectivity index (χ3n) is 2.13. The molecule has 14 heavy (non-hydrogen) atoms. The Balaban J connectivity index is 2.50. The molecule has 0 aliphatic heterocycles. The van der Waals surface area contributed by atoms with Crippen LogP contribution >= 0.6 is 0 Å². The fraction of sp³-hybridized carbons (Fsp3) is 0.300. The average Bonchev–Trinajstić information content (AvgIpc) is 2.55. The second-order valence-electron chi connectivity index (χ2n) is 3.22. The maximum absolute atomic E-state index is 8.95. The van der Waals surface area contributed by atoms with Gasteiger partial charge in [-0.1, -0.05) is 0 Å². The normalized spacial score (nSPS) is 10.8. The van der Waals surface area contributed by atoms with Crippen LogP contribution in [-0.4, -0.2) is 23.9 Å². The quantitative estimate of drug-likeness (QED) is 0.733. The van der Waals surface area contributed by atoms with Crippen LogP contribution in [0.3, 0.4) is 0 Å². The molecule has 1 N–H and O–H groups in total. The van der Waals surface area contributed by atoms with E-state index in [0.29, 0.717) is 5.89 Å². The van der Waals surface area contributed by atoms with Crippen LogP contribution in [0, 0.1) is 6.92 Å². The second kappa shape index (κ2) is 3.31. The molecule has 4 heteroatoms. The van der Waals surface area contributed by atoms with Crippen LogP contribution in [-0.2, 0) is 0 Å². The van der Waals surface area contributed by atoms with Gasteiger partial charge in [-0.05, 0) is 18.2 Å². The molecule has 1 aromatic heterocycles. The number of hydrogen-bond acceptors (Lipinski definition) is 4. The zero-order valence-corrected chi connectivity index (χ0v) is 8.19. The van der Waals surface area contributed by atoms with E-state index in [2.05, 4.69) is 4.98 Å². The highest BCUT2D eigenvalue weighted by molar-refractivity contribution is 5.77. The van der Waals surface area contributed by atoms with E-state index in [1.165, 1.54) is 0 Å². The van der Waals surface area contributed by atoms with Crippen LogP contribution < -0.4 is 4.90 Å². The van der Waals surface area contributed by atoms with Gasteiger partial charge in [0, 0.05) is 19.7 Å². The highest BCUT2D eigenvalue weighted by Gasteiger charge is 2.04. The second-order valence-corrected chi connectivity index (χ2v) is 3.22. The van der Waals surface area contributed by atoms with Crippen molar-refractivity contribution in [1.29, 1.82) is 0 Å². The number of fused-ring (bicyclic) bond motifs is 1. The summed E-state index contributed by atoms with van der Waals surface area (Å²) < 4.78 is 5.34. The first kappa shape index (κ1) is 9.02. The summed E-state index contributed by atoms with van der Waals surface area (Å²) in [7, 11) is 1.81. The van der Waals surface area contributed by atoms with E-state index in [0.717, 1.165) is 16.8 Å². The summed E-state index contributed by atoms with van der Waals surface area (Å²) in [5.41, 5.74) is 2.52.